The number of anilines is 1. The highest BCUT2D eigenvalue weighted by Crippen LogP contribution is 2.30. The van der Waals surface area contributed by atoms with Crippen molar-refractivity contribution in [3.05, 3.63) is 82.9 Å². The molecule has 2 heterocycles. The Kier molecular flexibility index (Phi) is 4.33. The summed E-state index contributed by atoms with van der Waals surface area (Å²) in [4.78, 5) is 17.0. The number of carbonyl (C=O) groups excluding carboxylic acids is 1. The first kappa shape index (κ1) is 17.2. The largest absolute Gasteiger partial charge is 0.319 e. The second kappa shape index (κ2) is 6.81. The van der Waals surface area contributed by atoms with Gasteiger partial charge in [-0.2, -0.15) is 5.10 Å². The molecule has 0 aliphatic rings. The minimum atomic E-state index is -0.536. The summed E-state index contributed by atoms with van der Waals surface area (Å²) < 4.78 is 15.5. The van der Waals surface area contributed by atoms with E-state index >= 15 is 0 Å². The lowest BCUT2D eigenvalue weighted by Gasteiger charge is -2.08. The summed E-state index contributed by atoms with van der Waals surface area (Å²) in [7, 11) is 0. The molecule has 134 valence electrons. The van der Waals surface area contributed by atoms with Gasteiger partial charge in [-0.1, -0.05) is 41.9 Å². The van der Waals surface area contributed by atoms with Gasteiger partial charge >= 0.3 is 0 Å². The van der Waals surface area contributed by atoms with Crippen molar-refractivity contribution in [1.29, 1.82) is 0 Å². The van der Waals surface area contributed by atoms with Crippen LogP contribution in [0.4, 0.5) is 10.1 Å². The van der Waals surface area contributed by atoms with Crippen LogP contribution in [0, 0.1) is 12.7 Å². The molecular formula is C20H14ClFN4O. The third-order valence-electron chi connectivity index (χ3n) is 4.18. The Morgan fingerprint density at radius 3 is 2.56 bits per heavy atom. The molecule has 0 radical (unpaired) electrons. The molecule has 5 nitrogen and oxygen atoms in total. The zero-order chi connectivity index (χ0) is 19.0. The van der Waals surface area contributed by atoms with Crippen molar-refractivity contribution in [3.63, 3.8) is 0 Å². The fourth-order valence-corrected chi connectivity index (χ4v) is 3.22. The summed E-state index contributed by atoms with van der Waals surface area (Å²) in [6, 6.07) is 15.4. The molecule has 0 unspecified atom stereocenters. The molecule has 0 atom stereocenters. The summed E-state index contributed by atoms with van der Waals surface area (Å²) in [5.41, 5.74) is 2.26. The van der Waals surface area contributed by atoms with E-state index in [9.17, 15) is 9.18 Å². The molecule has 4 aromatic rings. The van der Waals surface area contributed by atoms with Crippen molar-refractivity contribution in [2.75, 3.05) is 5.32 Å². The Bertz CT molecular complexity index is 1160. The monoisotopic (exact) mass is 380 g/mol. The van der Waals surface area contributed by atoms with Crippen LogP contribution < -0.4 is 5.32 Å². The smallest absolute Gasteiger partial charge is 0.258 e. The molecule has 1 N–H and O–H groups in total. The van der Waals surface area contributed by atoms with Crippen LogP contribution in [0.15, 0.2) is 60.8 Å². The summed E-state index contributed by atoms with van der Waals surface area (Å²) in [5.74, 6) is -1.06. The van der Waals surface area contributed by atoms with E-state index in [2.05, 4.69) is 15.4 Å². The van der Waals surface area contributed by atoms with Crippen molar-refractivity contribution >= 4 is 34.2 Å². The number of para-hydroxylation sites is 2. The number of halogens is 2. The molecule has 2 aromatic heterocycles. The maximum absolute atomic E-state index is 13.8. The van der Waals surface area contributed by atoms with Gasteiger partial charge in [-0.15, -0.1) is 0 Å². The molecule has 0 spiro atoms. The van der Waals surface area contributed by atoms with E-state index in [4.69, 9.17) is 11.6 Å². The quantitative estimate of drug-likeness (QED) is 0.556. The van der Waals surface area contributed by atoms with Gasteiger partial charge in [0.2, 0.25) is 0 Å². The lowest BCUT2D eigenvalue weighted by molar-refractivity contribution is 0.102. The van der Waals surface area contributed by atoms with Crippen molar-refractivity contribution in [2.45, 2.75) is 6.92 Å². The van der Waals surface area contributed by atoms with Gasteiger partial charge in [0.05, 0.1) is 33.0 Å². The molecule has 0 fully saturated rings. The Balaban J connectivity index is 1.78. The second-order valence-electron chi connectivity index (χ2n) is 5.95. The molecule has 7 heteroatoms. The number of pyridine rings is 1. The first-order valence-electron chi connectivity index (χ1n) is 8.21. The predicted octanol–water partition coefficient (Wildman–Crippen LogP) is 4.77. The number of fused-ring (bicyclic) bond motifs is 1. The van der Waals surface area contributed by atoms with E-state index < -0.39 is 11.7 Å². The van der Waals surface area contributed by atoms with Crippen molar-refractivity contribution < 1.29 is 9.18 Å². The third kappa shape index (κ3) is 3.04. The minimum Gasteiger partial charge on any atom is -0.319 e. The maximum atomic E-state index is 13.8. The van der Waals surface area contributed by atoms with Crippen LogP contribution in [0.3, 0.4) is 0 Å². The molecule has 0 aliphatic carbocycles. The number of nitrogens with zero attached hydrogens (tertiary/aromatic N) is 3. The van der Waals surface area contributed by atoms with E-state index in [1.165, 1.54) is 18.3 Å². The number of benzene rings is 2. The fraction of sp³-hybridized carbons (Fsp3) is 0.0500. The van der Waals surface area contributed by atoms with Crippen LogP contribution in [-0.2, 0) is 0 Å². The zero-order valence-electron chi connectivity index (χ0n) is 14.3. The Labute approximate surface area is 159 Å². The number of aryl methyl sites for hydroxylation is 1. The van der Waals surface area contributed by atoms with Crippen LogP contribution in [0.1, 0.15) is 16.1 Å². The zero-order valence-corrected chi connectivity index (χ0v) is 15.0. The van der Waals surface area contributed by atoms with E-state index in [0.29, 0.717) is 16.7 Å². The van der Waals surface area contributed by atoms with E-state index in [0.717, 1.165) is 5.69 Å². The summed E-state index contributed by atoms with van der Waals surface area (Å²) in [6.45, 7) is 1.80. The summed E-state index contributed by atoms with van der Waals surface area (Å²) >= 11 is 6.50. The van der Waals surface area contributed by atoms with E-state index in [-0.39, 0.29) is 16.3 Å². The molecule has 0 saturated carbocycles. The van der Waals surface area contributed by atoms with Gasteiger partial charge in [0.25, 0.3) is 5.91 Å². The standard InChI is InChI=1S/C20H14ClFN4O/c1-12-17-18(21)14(20(27)24-16-10-6-5-9-15(16)22)11-23-19(17)26(25-12)13-7-3-2-4-8-13/h2-11H,1H3,(H,24,27). The lowest BCUT2D eigenvalue weighted by Crippen LogP contribution is -2.14. The Morgan fingerprint density at radius 2 is 1.81 bits per heavy atom. The SMILES string of the molecule is Cc1nn(-c2ccccc2)c2ncc(C(=O)Nc3ccccc3F)c(Cl)c12. The molecule has 0 saturated heterocycles. The highest BCUT2D eigenvalue weighted by Gasteiger charge is 2.20. The van der Waals surface area contributed by atoms with Gasteiger partial charge in [0.1, 0.15) is 5.82 Å². The highest BCUT2D eigenvalue weighted by molar-refractivity contribution is 6.39. The molecule has 27 heavy (non-hydrogen) atoms. The van der Waals surface area contributed by atoms with Gasteiger partial charge < -0.3 is 5.32 Å². The van der Waals surface area contributed by atoms with Crippen LogP contribution in [0.25, 0.3) is 16.7 Å². The molecule has 0 aliphatic heterocycles. The van der Waals surface area contributed by atoms with Crippen LogP contribution in [0.2, 0.25) is 5.02 Å². The van der Waals surface area contributed by atoms with Gasteiger partial charge in [0, 0.05) is 6.20 Å². The normalized spacial score (nSPS) is 10.9. The molecule has 2 aromatic carbocycles. The third-order valence-corrected chi connectivity index (χ3v) is 4.57. The fourth-order valence-electron chi connectivity index (χ4n) is 2.87. The predicted molar refractivity (Wildman–Crippen MR) is 103 cm³/mol. The van der Waals surface area contributed by atoms with E-state index in [1.807, 2.05) is 30.3 Å². The van der Waals surface area contributed by atoms with Crippen molar-refractivity contribution in [1.82, 2.24) is 14.8 Å². The lowest BCUT2D eigenvalue weighted by atomic mass is 10.2. The average Bonchev–Trinajstić information content (AvgIpc) is 3.02. The Morgan fingerprint density at radius 1 is 1.11 bits per heavy atom. The number of rotatable bonds is 3. The topological polar surface area (TPSA) is 59.8 Å². The number of carbonyl (C=O) groups is 1. The number of hydrogen-bond donors (Lipinski definition) is 1. The molecule has 0 bridgehead atoms. The number of aromatic nitrogens is 3. The molecule has 1 amide bonds. The first-order chi connectivity index (χ1) is 13.1. The maximum Gasteiger partial charge on any atom is 0.258 e. The van der Waals surface area contributed by atoms with Gasteiger partial charge in [-0.25, -0.2) is 14.1 Å². The van der Waals surface area contributed by atoms with Crippen LogP contribution in [-0.4, -0.2) is 20.7 Å². The van der Waals surface area contributed by atoms with Gasteiger partial charge in [-0.05, 0) is 31.2 Å². The average molecular weight is 381 g/mol. The first-order valence-corrected chi connectivity index (χ1v) is 8.59. The Hall–Kier alpha value is -3.25. The summed E-state index contributed by atoms with van der Waals surface area (Å²) in [5, 5.41) is 7.84. The minimum absolute atomic E-state index is 0.0790. The number of amides is 1. The number of hydrogen-bond acceptors (Lipinski definition) is 3. The second-order valence-corrected chi connectivity index (χ2v) is 6.33. The van der Waals surface area contributed by atoms with Crippen LogP contribution in [0.5, 0.6) is 0 Å². The molecule has 4 rings (SSSR count). The van der Waals surface area contributed by atoms with E-state index in [1.54, 1.807) is 23.7 Å². The van der Waals surface area contributed by atoms with Gasteiger partial charge in [-0.3, -0.25) is 4.79 Å². The number of nitrogens with one attached hydrogen (secondary N) is 1. The van der Waals surface area contributed by atoms with Gasteiger partial charge in [0.15, 0.2) is 5.65 Å². The van der Waals surface area contributed by atoms with Crippen LogP contribution >= 0.6 is 11.6 Å². The van der Waals surface area contributed by atoms with Crippen molar-refractivity contribution in [3.8, 4) is 5.69 Å². The summed E-state index contributed by atoms with van der Waals surface area (Å²) in [6.07, 6.45) is 1.38. The molecular weight excluding hydrogens is 367 g/mol. The highest BCUT2D eigenvalue weighted by atomic mass is 35.5. The van der Waals surface area contributed by atoms with Crippen molar-refractivity contribution in [2.24, 2.45) is 0 Å².